The van der Waals surface area contributed by atoms with Crippen molar-refractivity contribution in [1.29, 1.82) is 0 Å². The van der Waals surface area contributed by atoms with Gasteiger partial charge in [0.25, 0.3) is 0 Å². The maximum absolute atomic E-state index is 11.0. The van der Waals surface area contributed by atoms with Crippen molar-refractivity contribution in [3.8, 4) is 0 Å². The van der Waals surface area contributed by atoms with Crippen molar-refractivity contribution < 1.29 is 14.3 Å². The number of esters is 1. The fourth-order valence-corrected chi connectivity index (χ4v) is 1.18. The van der Waals surface area contributed by atoms with E-state index in [2.05, 4.69) is 25.4 Å². The van der Waals surface area contributed by atoms with E-state index in [1.54, 1.807) is 32.4 Å². The first-order chi connectivity index (χ1) is 6.67. The summed E-state index contributed by atoms with van der Waals surface area (Å²) in [5.74, 6) is -0.322. The molecule has 0 radical (unpaired) electrons. The van der Waals surface area contributed by atoms with Gasteiger partial charge in [0.1, 0.15) is 0 Å². The van der Waals surface area contributed by atoms with E-state index < -0.39 is 0 Å². The Morgan fingerprint density at radius 3 is 2.14 bits per heavy atom. The van der Waals surface area contributed by atoms with Crippen LogP contribution in [0.25, 0.3) is 0 Å². The van der Waals surface area contributed by atoms with Crippen LogP contribution in [0.2, 0.25) is 0 Å². The highest BCUT2D eigenvalue weighted by Crippen LogP contribution is 2.16. The molecule has 0 saturated carbocycles. The molecule has 0 amide bonds. The maximum atomic E-state index is 11.0. The van der Waals surface area contributed by atoms with Crippen LogP contribution < -0.4 is 0 Å². The lowest BCUT2D eigenvalue weighted by Crippen LogP contribution is -2.01. The van der Waals surface area contributed by atoms with Gasteiger partial charge < -0.3 is 9.47 Å². The number of hydrogen-bond acceptors (Lipinski definition) is 3. The normalized spacial score (nSPS) is 8.57. The van der Waals surface area contributed by atoms with Gasteiger partial charge in [-0.25, -0.2) is 4.79 Å². The molecule has 0 fully saturated rings. The molecule has 3 nitrogen and oxygen atoms in total. The number of benzene rings is 1. The minimum Gasteiger partial charge on any atom is -0.465 e. The van der Waals surface area contributed by atoms with Crippen LogP contribution in [0.15, 0.2) is 28.7 Å². The summed E-state index contributed by atoms with van der Waals surface area (Å²) in [5, 5.41) is 0. The highest BCUT2D eigenvalue weighted by atomic mass is 79.9. The molecule has 0 atom stereocenters. The van der Waals surface area contributed by atoms with Crippen LogP contribution in [0, 0.1) is 0 Å². The Labute approximate surface area is 92.2 Å². The number of halogens is 1. The van der Waals surface area contributed by atoms with E-state index in [1.807, 2.05) is 6.07 Å². The average molecular weight is 261 g/mol. The van der Waals surface area contributed by atoms with E-state index in [9.17, 15) is 4.79 Å². The van der Waals surface area contributed by atoms with Crippen LogP contribution in [0.5, 0.6) is 0 Å². The Hall–Kier alpha value is -0.870. The lowest BCUT2D eigenvalue weighted by Gasteiger charge is -1.99. The zero-order valence-electron chi connectivity index (χ0n) is 8.41. The lowest BCUT2D eigenvalue weighted by atomic mass is 10.2. The van der Waals surface area contributed by atoms with E-state index in [-0.39, 0.29) is 5.97 Å². The molecule has 0 aliphatic carbocycles. The Bertz CT molecular complexity index is 286. The van der Waals surface area contributed by atoms with Crippen LogP contribution in [0.4, 0.5) is 0 Å². The van der Waals surface area contributed by atoms with Crippen molar-refractivity contribution in [2.75, 3.05) is 21.3 Å². The molecule has 0 unspecified atom stereocenters. The van der Waals surface area contributed by atoms with Gasteiger partial charge in [-0.3, -0.25) is 0 Å². The number of ether oxygens (including phenoxy) is 2. The highest BCUT2D eigenvalue weighted by Gasteiger charge is 2.07. The number of rotatable bonds is 1. The van der Waals surface area contributed by atoms with Crippen LogP contribution in [-0.4, -0.2) is 27.3 Å². The second-order valence-electron chi connectivity index (χ2n) is 2.38. The number of carbonyl (C=O) groups excluding carboxylic acids is 1. The Kier molecular flexibility index (Phi) is 7.06. The molecule has 1 rings (SSSR count). The second kappa shape index (κ2) is 7.53. The molecule has 1 aromatic carbocycles. The minimum absolute atomic E-state index is 0.322. The van der Waals surface area contributed by atoms with E-state index in [0.29, 0.717) is 5.56 Å². The predicted molar refractivity (Wildman–Crippen MR) is 58.4 cm³/mol. The second-order valence-corrected chi connectivity index (χ2v) is 3.23. The third kappa shape index (κ3) is 4.39. The van der Waals surface area contributed by atoms with Gasteiger partial charge in [-0.2, -0.15) is 0 Å². The first kappa shape index (κ1) is 13.1. The van der Waals surface area contributed by atoms with Gasteiger partial charge in [0.15, 0.2) is 0 Å². The third-order valence-corrected chi connectivity index (χ3v) is 1.97. The molecule has 0 saturated heterocycles. The fraction of sp³-hybridized carbons (Fsp3) is 0.300. The number of methoxy groups -OCH3 is 2. The smallest absolute Gasteiger partial charge is 0.338 e. The molecule has 14 heavy (non-hydrogen) atoms. The van der Waals surface area contributed by atoms with Gasteiger partial charge in [-0.05, 0) is 28.1 Å². The molecule has 0 aromatic heterocycles. The van der Waals surface area contributed by atoms with Crippen molar-refractivity contribution in [2.24, 2.45) is 0 Å². The molecule has 4 heteroatoms. The lowest BCUT2D eigenvalue weighted by molar-refractivity contribution is 0.0599. The van der Waals surface area contributed by atoms with Gasteiger partial charge >= 0.3 is 5.97 Å². The zero-order valence-corrected chi connectivity index (χ0v) is 10.00. The summed E-state index contributed by atoms with van der Waals surface area (Å²) >= 11 is 3.24. The Balaban J connectivity index is 0.000000500. The highest BCUT2D eigenvalue weighted by molar-refractivity contribution is 9.10. The summed E-state index contributed by atoms with van der Waals surface area (Å²) < 4.78 is 9.55. The molecule has 0 heterocycles. The third-order valence-electron chi connectivity index (χ3n) is 1.28. The Morgan fingerprint density at radius 2 is 1.71 bits per heavy atom. The van der Waals surface area contributed by atoms with Crippen molar-refractivity contribution in [3.05, 3.63) is 34.3 Å². The van der Waals surface area contributed by atoms with Gasteiger partial charge in [0.2, 0.25) is 0 Å². The predicted octanol–water partition coefficient (Wildman–Crippen LogP) is 2.50. The SMILES string of the molecule is COC.COC(=O)c1ccccc1Br. The van der Waals surface area contributed by atoms with E-state index >= 15 is 0 Å². The van der Waals surface area contributed by atoms with Gasteiger partial charge in [0.05, 0.1) is 12.7 Å². The van der Waals surface area contributed by atoms with Crippen LogP contribution in [-0.2, 0) is 9.47 Å². The summed E-state index contributed by atoms with van der Waals surface area (Å²) in [7, 11) is 4.61. The largest absolute Gasteiger partial charge is 0.465 e. The minimum atomic E-state index is -0.322. The van der Waals surface area contributed by atoms with Crippen LogP contribution >= 0.6 is 15.9 Å². The summed E-state index contributed by atoms with van der Waals surface area (Å²) in [6.45, 7) is 0. The summed E-state index contributed by atoms with van der Waals surface area (Å²) in [4.78, 5) is 11.0. The summed E-state index contributed by atoms with van der Waals surface area (Å²) in [6.07, 6.45) is 0. The molecule has 0 aliphatic rings. The molecular formula is C10H13BrO3. The van der Waals surface area contributed by atoms with E-state index in [4.69, 9.17) is 0 Å². The maximum Gasteiger partial charge on any atom is 0.338 e. The number of hydrogen-bond donors (Lipinski definition) is 0. The monoisotopic (exact) mass is 260 g/mol. The van der Waals surface area contributed by atoms with Crippen molar-refractivity contribution >= 4 is 21.9 Å². The molecule has 78 valence electrons. The molecular weight excluding hydrogens is 248 g/mol. The number of carbonyl (C=O) groups is 1. The first-order valence-corrected chi connectivity index (χ1v) is 4.69. The van der Waals surface area contributed by atoms with E-state index in [1.165, 1.54) is 7.11 Å². The fourth-order valence-electron chi connectivity index (χ4n) is 0.737. The summed E-state index contributed by atoms with van der Waals surface area (Å²) in [5.41, 5.74) is 0.551. The van der Waals surface area contributed by atoms with Crippen molar-refractivity contribution in [1.82, 2.24) is 0 Å². The Morgan fingerprint density at radius 1 is 1.21 bits per heavy atom. The van der Waals surface area contributed by atoms with Crippen LogP contribution in [0.3, 0.4) is 0 Å². The van der Waals surface area contributed by atoms with Crippen LogP contribution in [0.1, 0.15) is 10.4 Å². The van der Waals surface area contributed by atoms with Crippen molar-refractivity contribution in [2.45, 2.75) is 0 Å². The van der Waals surface area contributed by atoms with Gasteiger partial charge in [-0.1, -0.05) is 12.1 Å². The molecule has 0 spiro atoms. The molecule has 1 aromatic rings. The standard InChI is InChI=1S/C8H7BrO2.C2H6O/c1-11-8(10)6-4-2-3-5-7(6)9;1-3-2/h2-5H,1H3;1-2H3. The molecule has 0 N–H and O–H groups in total. The van der Waals surface area contributed by atoms with E-state index in [0.717, 1.165) is 4.47 Å². The van der Waals surface area contributed by atoms with Gasteiger partial charge in [-0.15, -0.1) is 0 Å². The topological polar surface area (TPSA) is 35.5 Å². The summed E-state index contributed by atoms with van der Waals surface area (Å²) in [6, 6.07) is 7.13. The first-order valence-electron chi connectivity index (χ1n) is 3.90. The quantitative estimate of drug-likeness (QED) is 0.728. The van der Waals surface area contributed by atoms with Gasteiger partial charge in [0, 0.05) is 18.7 Å². The molecule has 0 aliphatic heterocycles. The zero-order chi connectivity index (χ0) is 11.0. The average Bonchev–Trinajstić information content (AvgIpc) is 2.19. The van der Waals surface area contributed by atoms with Crippen molar-refractivity contribution in [3.63, 3.8) is 0 Å². The molecule has 0 bridgehead atoms.